The number of anilines is 2. The number of thioether (sulfide) groups is 1. The van der Waals surface area contributed by atoms with Gasteiger partial charge >= 0.3 is 12.1 Å². The summed E-state index contributed by atoms with van der Waals surface area (Å²) >= 11 is 1.58. The molecule has 0 radical (unpaired) electrons. The number of aromatic nitrogens is 1. The topological polar surface area (TPSA) is 112 Å². The van der Waals surface area contributed by atoms with E-state index in [1.165, 1.54) is 24.4 Å². The molecule has 4 aromatic carbocycles. The highest BCUT2D eigenvalue weighted by Crippen LogP contribution is 2.34. The van der Waals surface area contributed by atoms with Crippen molar-refractivity contribution in [2.45, 2.75) is 49.1 Å². The van der Waals surface area contributed by atoms with Crippen molar-refractivity contribution in [1.82, 2.24) is 10.3 Å². The molecule has 2 heterocycles. The zero-order valence-electron chi connectivity index (χ0n) is 28.7. The Balaban J connectivity index is 1.20. The summed E-state index contributed by atoms with van der Waals surface area (Å²) in [4.78, 5) is 45.7. The minimum Gasteiger partial charge on any atom is -0.481 e. The molecule has 2 amide bonds. The molecule has 1 aliphatic rings. The van der Waals surface area contributed by atoms with E-state index < -0.39 is 23.6 Å². The lowest BCUT2D eigenvalue weighted by Gasteiger charge is -2.29. The first kappa shape index (κ1) is 37.1. The maximum atomic E-state index is 13.7. The van der Waals surface area contributed by atoms with Gasteiger partial charge in [0.15, 0.2) is 0 Å². The lowest BCUT2D eigenvalue weighted by atomic mass is 10.0. The second-order valence-corrected chi connectivity index (χ2v) is 13.8. The number of pyridine rings is 1. The van der Waals surface area contributed by atoms with E-state index in [2.05, 4.69) is 20.5 Å². The lowest BCUT2D eigenvalue weighted by Crippen LogP contribution is -2.29. The summed E-state index contributed by atoms with van der Waals surface area (Å²) in [6.45, 7) is 1.70. The molecule has 1 fully saturated rings. The second kappa shape index (κ2) is 16.8. The van der Waals surface area contributed by atoms with Gasteiger partial charge in [-0.15, -0.1) is 11.8 Å². The zero-order chi connectivity index (χ0) is 37.4. The highest BCUT2D eigenvalue weighted by Gasteiger charge is 2.30. The molecule has 1 saturated heterocycles. The summed E-state index contributed by atoms with van der Waals surface area (Å²) < 4.78 is 39.6. The molecule has 53 heavy (non-hydrogen) atoms. The molecule has 0 unspecified atom stereocenters. The number of rotatable bonds is 12. The van der Waals surface area contributed by atoms with Crippen LogP contribution in [0.3, 0.4) is 0 Å². The molecule has 1 aromatic heterocycles. The molecule has 0 atom stereocenters. The number of alkyl halides is 3. The summed E-state index contributed by atoms with van der Waals surface area (Å²) in [5.74, 6) is -1.08. The summed E-state index contributed by atoms with van der Waals surface area (Å²) in [5, 5.41) is 14.8. The number of nitrogens with one attached hydrogen (secondary N) is 2. The van der Waals surface area contributed by atoms with Crippen molar-refractivity contribution >= 4 is 40.9 Å². The number of aliphatic carboxylic acids is 1. The van der Waals surface area contributed by atoms with Crippen molar-refractivity contribution in [3.63, 3.8) is 0 Å². The van der Waals surface area contributed by atoms with Crippen LogP contribution >= 0.6 is 11.8 Å². The SMILES string of the molecule is O=C(O)Cc1ccc(SCc2cccc(C(=O)Nc3ccc(N4CCCCC4)cc3-c3cc(C(=O)NCc4cccc(C(F)(F)F)c4)ccn3)c2)cc1. The normalized spacial score (nSPS) is 13.0. The number of halogens is 3. The average Bonchev–Trinajstić information content (AvgIpc) is 3.17. The Morgan fingerprint density at radius 2 is 1.51 bits per heavy atom. The van der Waals surface area contributed by atoms with Gasteiger partial charge in [-0.05, 0) is 103 Å². The maximum Gasteiger partial charge on any atom is 0.416 e. The van der Waals surface area contributed by atoms with Gasteiger partial charge in [0.2, 0.25) is 0 Å². The summed E-state index contributed by atoms with van der Waals surface area (Å²) in [6.07, 6.45) is 0.268. The Morgan fingerprint density at radius 1 is 0.774 bits per heavy atom. The van der Waals surface area contributed by atoms with Crippen LogP contribution in [0, 0.1) is 0 Å². The summed E-state index contributed by atoms with van der Waals surface area (Å²) in [6, 6.07) is 28.4. The molecule has 12 heteroatoms. The average molecular weight is 739 g/mol. The minimum atomic E-state index is -4.49. The van der Waals surface area contributed by atoms with Gasteiger partial charge in [0.1, 0.15) is 0 Å². The van der Waals surface area contributed by atoms with Crippen LogP contribution in [-0.2, 0) is 29.7 Å². The van der Waals surface area contributed by atoms with Gasteiger partial charge in [-0.2, -0.15) is 13.2 Å². The van der Waals surface area contributed by atoms with Gasteiger partial charge in [0.05, 0.1) is 23.4 Å². The smallest absolute Gasteiger partial charge is 0.416 e. The van der Waals surface area contributed by atoms with Crippen LogP contribution in [0.2, 0.25) is 0 Å². The highest BCUT2D eigenvalue weighted by molar-refractivity contribution is 7.98. The van der Waals surface area contributed by atoms with Crippen molar-refractivity contribution in [2.24, 2.45) is 0 Å². The van der Waals surface area contributed by atoms with Crippen LogP contribution in [0.1, 0.15) is 62.2 Å². The van der Waals surface area contributed by atoms with Gasteiger partial charge in [-0.1, -0.05) is 36.4 Å². The van der Waals surface area contributed by atoms with E-state index in [4.69, 9.17) is 5.11 Å². The third-order valence-corrected chi connectivity index (χ3v) is 9.93. The molecular formula is C41H37F3N4O4S. The number of carbonyl (C=O) groups excluding carboxylic acids is 2. The molecule has 272 valence electrons. The lowest BCUT2D eigenvalue weighted by molar-refractivity contribution is -0.138. The van der Waals surface area contributed by atoms with Crippen LogP contribution in [0.25, 0.3) is 11.3 Å². The summed E-state index contributed by atoms with van der Waals surface area (Å²) in [7, 11) is 0. The number of carboxylic acids is 1. The van der Waals surface area contributed by atoms with Crippen molar-refractivity contribution in [2.75, 3.05) is 23.3 Å². The molecule has 6 rings (SSSR count). The first-order chi connectivity index (χ1) is 25.5. The molecule has 3 N–H and O–H groups in total. The van der Waals surface area contributed by atoms with Crippen molar-refractivity contribution in [1.29, 1.82) is 0 Å². The fourth-order valence-corrected chi connectivity index (χ4v) is 6.95. The Labute approximate surface area is 309 Å². The third-order valence-electron chi connectivity index (χ3n) is 8.85. The minimum absolute atomic E-state index is 0.0337. The van der Waals surface area contributed by atoms with E-state index >= 15 is 0 Å². The van der Waals surface area contributed by atoms with Gasteiger partial charge in [-0.25, -0.2) is 0 Å². The van der Waals surface area contributed by atoms with Gasteiger partial charge in [0.25, 0.3) is 11.8 Å². The zero-order valence-corrected chi connectivity index (χ0v) is 29.5. The molecule has 5 aromatic rings. The second-order valence-electron chi connectivity index (χ2n) is 12.7. The van der Waals surface area contributed by atoms with Crippen LogP contribution in [0.15, 0.2) is 114 Å². The maximum absolute atomic E-state index is 13.7. The number of amides is 2. The van der Waals surface area contributed by atoms with Crippen molar-refractivity contribution in [3.8, 4) is 11.3 Å². The van der Waals surface area contributed by atoms with E-state index in [1.54, 1.807) is 36.0 Å². The first-order valence-corrected chi connectivity index (χ1v) is 18.1. The number of nitrogens with zero attached hydrogens (tertiary/aromatic N) is 2. The Morgan fingerprint density at radius 3 is 2.26 bits per heavy atom. The number of hydrogen-bond acceptors (Lipinski definition) is 6. The Hall–Kier alpha value is -5.62. The Bertz CT molecular complexity index is 2100. The molecule has 0 bridgehead atoms. The number of hydrogen-bond donors (Lipinski definition) is 3. The number of carboxylic acid groups (broad SMARTS) is 1. The number of carbonyl (C=O) groups is 3. The predicted octanol–water partition coefficient (Wildman–Crippen LogP) is 8.86. The standard InChI is InChI=1S/C41H37F3N4O4S/c42-41(43,44)32-9-5-6-28(21-32)25-46-39(51)31-16-17-45-37(23-31)35-24-33(48-18-2-1-3-19-48)12-15-36(35)47-40(52)30-8-4-7-29(20-30)26-53-34-13-10-27(11-14-34)22-38(49)50/h4-17,20-21,23-24H,1-3,18-19,22,25-26H2,(H,46,51)(H,47,52)(H,49,50). The van der Waals surface area contributed by atoms with E-state index in [0.29, 0.717) is 33.8 Å². The van der Waals surface area contributed by atoms with E-state index in [0.717, 1.165) is 66.2 Å². The monoisotopic (exact) mass is 738 g/mol. The van der Waals surface area contributed by atoms with E-state index in [9.17, 15) is 27.6 Å². The van der Waals surface area contributed by atoms with Crippen LogP contribution in [-0.4, -0.2) is 41.0 Å². The van der Waals surface area contributed by atoms with Crippen molar-refractivity contribution < 1.29 is 32.7 Å². The van der Waals surface area contributed by atoms with Gasteiger partial charge in [-0.3, -0.25) is 19.4 Å². The summed E-state index contributed by atoms with van der Waals surface area (Å²) in [5.41, 5.74) is 4.46. The van der Waals surface area contributed by atoms with Gasteiger partial charge in [0, 0.05) is 58.9 Å². The Kier molecular flexibility index (Phi) is 11.8. The van der Waals surface area contributed by atoms with Crippen LogP contribution in [0.5, 0.6) is 0 Å². The number of piperidine rings is 1. The predicted molar refractivity (Wildman–Crippen MR) is 200 cm³/mol. The quantitative estimate of drug-likeness (QED) is 0.110. The van der Waals surface area contributed by atoms with Crippen LogP contribution < -0.4 is 15.5 Å². The highest BCUT2D eigenvalue weighted by atomic mass is 32.2. The third kappa shape index (κ3) is 10.0. The fraction of sp³-hybridized carbons (Fsp3) is 0.220. The van der Waals surface area contributed by atoms with Crippen LogP contribution in [0.4, 0.5) is 24.5 Å². The molecule has 0 saturated carbocycles. The largest absolute Gasteiger partial charge is 0.481 e. The van der Waals surface area contributed by atoms with Gasteiger partial charge < -0.3 is 20.6 Å². The first-order valence-electron chi connectivity index (χ1n) is 17.2. The van der Waals surface area contributed by atoms with E-state index in [1.807, 2.05) is 48.5 Å². The molecular weight excluding hydrogens is 702 g/mol. The molecule has 0 aliphatic carbocycles. The number of benzene rings is 4. The van der Waals surface area contributed by atoms with Crippen molar-refractivity contribution in [3.05, 3.63) is 143 Å². The van der Waals surface area contributed by atoms with E-state index in [-0.39, 0.29) is 24.4 Å². The molecule has 1 aliphatic heterocycles. The fourth-order valence-electron chi connectivity index (χ4n) is 6.10. The molecule has 8 nitrogen and oxygen atoms in total. The molecule has 0 spiro atoms.